The van der Waals surface area contributed by atoms with Crippen LogP contribution in [0.15, 0.2) is 0 Å². The molecule has 0 radical (unpaired) electrons. The van der Waals surface area contributed by atoms with Crippen molar-refractivity contribution in [3.8, 4) is 0 Å². The molecule has 2 N–H and O–H groups in total. The van der Waals surface area contributed by atoms with Crippen LogP contribution in [-0.4, -0.2) is 31.8 Å². The molecule has 1 atom stereocenters. The maximum Gasteiger partial charge on any atom is 0.407 e. The molecule has 0 aromatic rings. The number of amides is 1. The highest BCUT2D eigenvalue weighted by atomic mass is 16.6. The predicted molar refractivity (Wildman–Crippen MR) is 50.6 cm³/mol. The van der Waals surface area contributed by atoms with E-state index in [2.05, 4.69) is 10.6 Å². The van der Waals surface area contributed by atoms with E-state index < -0.39 is 0 Å². The Morgan fingerprint density at radius 3 is 3.00 bits per heavy atom. The van der Waals surface area contributed by atoms with Crippen LogP contribution in [0.1, 0.15) is 20.3 Å². The fraction of sp³-hybridized carbons (Fsp3) is 0.889. The first-order chi connectivity index (χ1) is 6.18. The van der Waals surface area contributed by atoms with Crippen LogP contribution in [0, 0.1) is 5.92 Å². The molecular formula is C9H18N2O2. The van der Waals surface area contributed by atoms with Crippen molar-refractivity contribution in [2.75, 3.05) is 19.6 Å². The Hall–Kier alpha value is -0.770. The summed E-state index contributed by atoms with van der Waals surface area (Å²) in [6.07, 6.45) is 0.797. The molecule has 1 amide bonds. The molecule has 76 valence electrons. The summed E-state index contributed by atoms with van der Waals surface area (Å²) in [5, 5.41) is 6.00. The highest BCUT2D eigenvalue weighted by molar-refractivity contribution is 5.67. The summed E-state index contributed by atoms with van der Waals surface area (Å²) < 4.78 is 4.94. The highest BCUT2D eigenvalue weighted by Crippen LogP contribution is 2.05. The largest absolute Gasteiger partial charge is 0.447 e. The second-order valence-corrected chi connectivity index (χ2v) is 3.69. The smallest absolute Gasteiger partial charge is 0.407 e. The Labute approximate surface area is 79.0 Å². The van der Waals surface area contributed by atoms with Crippen LogP contribution in [0.4, 0.5) is 4.79 Å². The van der Waals surface area contributed by atoms with Crippen molar-refractivity contribution < 1.29 is 9.53 Å². The Balaban J connectivity index is 2.07. The van der Waals surface area contributed by atoms with E-state index >= 15 is 0 Å². The molecule has 1 rings (SSSR count). The third-order valence-corrected chi connectivity index (χ3v) is 2.04. The van der Waals surface area contributed by atoms with Crippen molar-refractivity contribution in [3.63, 3.8) is 0 Å². The molecule has 0 aromatic heterocycles. The fourth-order valence-electron chi connectivity index (χ4n) is 1.37. The van der Waals surface area contributed by atoms with Crippen LogP contribution in [-0.2, 0) is 4.74 Å². The first-order valence-electron chi connectivity index (χ1n) is 4.83. The zero-order valence-electron chi connectivity index (χ0n) is 8.30. The molecule has 1 saturated heterocycles. The van der Waals surface area contributed by atoms with Gasteiger partial charge in [0.05, 0.1) is 6.10 Å². The number of carbonyl (C=O) groups excluding carboxylic acids is 1. The SMILES string of the molecule is CC(C)OC(=O)NCC1CCNC1. The van der Waals surface area contributed by atoms with E-state index in [1.807, 2.05) is 13.8 Å². The minimum atomic E-state index is -0.304. The average Bonchev–Trinajstić information content (AvgIpc) is 2.51. The molecule has 4 heteroatoms. The standard InChI is InChI=1S/C9H18N2O2/c1-7(2)13-9(12)11-6-8-3-4-10-5-8/h7-8,10H,3-6H2,1-2H3,(H,11,12). The van der Waals surface area contributed by atoms with E-state index in [0.29, 0.717) is 5.92 Å². The summed E-state index contributed by atoms with van der Waals surface area (Å²) in [6.45, 7) is 6.47. The Bertz CT molecular complexity index is 165. The highest BCUT2D eigenvalue weighted by Gasteiger charge is 2.15. The minimum absolute atomic E-state index is 0.0401. The summed E-state index contributed by atoms with van der Waals surface area (Å²) in [6, 6.07) is 0. The van der Waals surface area contributed by atoms with Crippen LogP contribution in [0.25, 0.3) is 0 Å². The fourth-order valence-corrected chi connectivity index (χ4v) is 1.37. The molecule has 0 aliphatic carbocycles. The van der Waals surface area contributed by atoms with Crippen LogP contribution in [0.3, 0.4) is 0 Å². The van der Waals surface area contributed by atoms with Gasteiger partial charge in [0.15, 0.2) is 0 Å². The second-order valence-electron chi connectivity index (χ2n) is 3.69. The van der Waals surface area contributed by atoms with E-state index in [9.17, 15) is 4.79 Å². The van der Waals surface area contributed by atoms with Crippen molar-refractivity contribution in [2.45, 2.75) is 26.4 Å². The van der Waals surface area contributed by atoms with Gasteiger partial charge in [-0.05, 0) is 39.3 Å². The maximum absolute atomic E-state index is 11.1. The number of hydrogen-bond donors (Lipinski definition) is 2. The van der Waals surface area contributed by atoms with Crippen LogP contribution < -0.4 is 10.6 Å². The molecule has 0 bridgehead atoms. The van der Waals surface area contributed by atoms with Crippen molar-refractivity contribution in [1.82, 2.24) is 10.6 Å². The molecule has 1 fully saturated rings. The van der Waals surface area contributed by atoms with E-state index in [1.54, 1.807) is 0 Å². The summed E-state index contributed by atoms with van der Waals surface area (Å²) >= 11 is 0. The quantitative estimate of drug-likeness (QED) is 0.683. The number of hydrogen-bond acceptors (Lipinski definition) is 3. The second kappa shape index (κ2) is 5.07. The molecule has 4 nitrogen and oxygen atoms in total. The van der Waals surface area contributed by atoms with Crippen molar-refractivity contribution >= 4 is 6.09 Å². The topological polar surface area (TPSA) is 50.4 Å². The maximum atomic E-state index is 11.1. The molecular weight excluding hydrogens is 168 g/mol. The van der Waals surface area contributed by atoms with Crippen LogP contribution in [0.2, 0.25) is 0 Å². The number of alkyl carbamates (subject to hydrolysis) is 1. The number of ether oxygens (including phenoxy) is 1. The van der Waals surface area contributed by atoms with E-state index in [-0.39, 0.29) is 12.2 Å². The zero-order valence-corrected chi connectivity index (χ0v) is 8.30. The van der Waals surface area contributed by atoms with Gasteiger partial charge in [-0.25, -0.2) is 4.79 Å². The van der Waals surface area contributed by atoms with Gasteiger partial charge in [-0.1, -0.05) is 0 Å². The zero-order chi connectivity index (χ0) is 9.68. The molecule has 1 heterocycles. The van der Waals surface area contributed by atoms with Crippen LogP contribution >= 0.6 is 0 Å². The lowest BCUT2D eigenvalue weighted by Gasteiger charge is -2.12. The summed E-state index contributed by atoms with van der Waals surface area (Å²) in [5.74, 6) is 0.569. The molecule has 1 aliphatic heterocycles. The van der Waals surface area contributed by atoms with E-state index in [1.165, 1.54) is 0 Å². The van der Waals surface area contributed by atoms with Gasteiger partial charge in [0.2, 0.25) is 0 Å². The van der Waals surface area contributed by atoms with Crippen molar-refractivity contribution in [2.24, 2.45) is 5.92 Å². The number of rotatable bonds is 3. The summed E-state index contributed by atoms with van der Waals surface area (Å²) in [5.41, 5.74) is 0. The molecule has 0 aromatic carbocycles. The normalized spacial score (nSPS) is 21.9. The average molecular weight is 186 g/mol. The van der Waals surface area contributed by atoms with Crippen LogP contribution in [0.5, 0.6) is 0 Å². The van der Waals surface area contributed by atoms with Gasteiger partial charge in [0.1, 0.15) is 0 Å². The molecule has 1 unspecified atom stereocenters. The lowest BCUT2D eigenvalue weighted by Crippen LogP contribution is -2.32. The molecule has 1 aliphatic rings. The van der Waals surface area contributed by atoms with Gasteiger partial charge in [0.25, 0.3) is 0 Å². The first-order valence-corrected chi connectivity index (χ1v) is 4.83. The number of nitrogens with one attached hydrogen (secondary N) is 2. The van der Waals surface area contributed by atoms with Gasteiger partial charge in [-0.3, -0.25) is 0 Å². The Kier molecular flexibility index (Phi) is 4.02. The molecule has 0 saturated carbocycles. The number of carbonyl (C=O) groups is 1. The third kappa shape index (κ3) is 4.12. The monoisotopic (exact) mass is 186 g/mol. The summed E-state index contributed by atoms with van der Waals surface area (Å²) in [7, 11) is 0. The summed E-state index contributed by atoms with van der Waals surface area (Å²) in [4.78, 5) is 11.1. The van der Waals surface area contributed by atoms with E-state index in [0.717, 1.165) is 26.1 Å². The first kappa shape index (κ1) is 10.3. The lowest BCUT2D eigenvalue weighted by molar-refractivity contribution is 0.114. The predicted octanol–water partition coefficient (Wildman–Crippen LogP) is 0.730. The van der Waals surface area contributed by atoms with Crippen molar-refractivity contribution in [1.29, 1.82) is 0 Å². The van der Waals surface area contributed by atoms with Gasteiger partial charge in [-0.2, -0.15) is 0 Å². The third-order valence-electron chi connectivity index (χ3n) is 2.04. The van der Waals surface area contributed by atoms with Gasteiger partial charge < -0.3 is 15.4 Å². The van der Waals surface area contributed by atoms with Gasteiger partial charge in [-0.15, -0.1) is 0 Å². The lowest BCUT2D eigenvalue weighted by atomic mass is 10.1. The van der Waals surface area contributed by atoms with E-state index in [4.69, 9.17) is 4.74 Å². The van der Waals surface area contributed by atoms with Gasteiger partial charge >= 0.3 is 6.09 Å². The Morgan fingerprint density at radius 1 is 1.69 bits per heavy atom. The van der Waals surface area contributed by atoms with Crippen molar-refractivity contribution in [3.05, 3.63) is 0 Å². The molecule has 0 spiro atoms. The van der Waals surface area contributed by atoms with Gasteiger partial charge in [0, 0.05) is 6.54 Å². The minimum Gasteiger partial charge on any atom is -0.447 e. The molecule has 13 heavy (non-hydrogen) atoms. The Morgan fingerprint density at radius 2 is 2.46 bits per heavy atom.